The first kappa shape index (κ1) is 22.8. The van der Waals surface area contributed by atoms with Crippen LogP contribution < -0.4 is 5.32 Å². The summed E-state index contributed by atoms with van der Waals surface area (Å²) >= 11 is 12.2. The van der Waals surface area contributed by atoms with Gasteiger partial charge in [-0.2, -0.15) is 0 Å². The van der Waals surface area contributed by atoms with Gasteiger partial charge in [-0.25, -0.2) is 0 Å². The van der Waals surface area contributed by atoms with Crippen LogP contribution in [0.25, 0.3) is 0 Å². The molecule has 30 heavy (non-hydrogen) atoms. The first-order valence-corrected chi connectivity index (χ1v) is 11.2. The fraction of sp³-hybridized carbons (Fsp3) is 0.571. The van der Waals surface area contributed by atoms with Crippen molar-refractivity contribution in [2.45, 2.75) is 32.2 Å². The number of likely N-dealkylation sites (N-methyl/N-ethyl adjacent to an activating group) is 1. The molecule has 0 spiro atoms. The van der Waals surface area contributed by atoms with E-state index in [4.69, 9.17) is 23.2 Å². The van der Waals surface area contributed by atoms with Crippen molar-refractivity contribution in [3.63, 3.8) is 0 Å². The fourth-order valence-corrected chi connectivity index (χ4v) is 4.47. The normalized spacial score (nSPS) is 20.2. The highest BCUT2D eigenvalue weighted by atomic mass is 35.5. The quantitative estimate of drug-likeness (QED) is 0.740. The number of benzene rings is 1. The monoisotopic (exact) mass is 454 g/mol. The van der Waals surface area contributed by atoms with Crippen LogP contribution in [0.15, 0.2) is 18.2 Å². The lowest BCUT2D eigenvalue weighted by molar-refractivity contribution is -0.135. The summed E-state index contributed by atoms with van der Waals surface area (Å²) in [7, 11) is 0. The summed E-state index contributed by atoms with van der Waals surface area (Å²) in [6.07, 6.45) is 2.21. The molecule has 2 heterocycles. The van der Waals surface area contributed by atoms with Gasteiger partial charge in [0.25, 0.3) is 5.91 Å². The number of halogens is 2. The maximum absolute atomic E-state index is 13.3. The van der Waals surface area contributed by atoms with Crippen LogP contribution in [0.1, 0.15) is 36.5 Å². The Morgan fingerprint density at radius 3 is 2.63 bits per heavy atom. The van der Waals surface area contributed by atoms with Crippen LogP contribution in [0.3, 0.4) is 0 Å². The Hall–Kier alpha value is -1.83. The highest BCUT2D eigenvalue weighted by Gasteiger charge is 2.37. The molecule has 1 aromatic carbocycles. The summed E-state index contributed by atoms with van der Waals surface area (Å²) in [6, 6.07) is 4.30. The molecular formula is C21H28Cl2N4O3. The van der Waals surface area contributed by atoms with Gasteiger partial charge in [0.1, 0.15) is 6.04 Å². The highest BCUT2D eigenvalue weighted by molar-refractivity contribution is 6.35. The van der Waals surface area contributed by atoms with E-state index in [-0.39, 0.29) is 17.7 Å². The van der Waals surface area contributed by atoms with E-state index < -0.39 is 6.04 Å². The van der Waals surface area contributed by atoms with Gasteiger partial charge in [0.2, 0.25) is 11.8 Å². The predicted molar refractivity (Wildman–Crippen MR) is 117 cm³/mol. The van der Waals surface area contributed by atoms with Gasteiger partial charge >= 0.3 is 0 Å². The van der Waals surface area contributed by atoms with Crippen molar-refractivity contribution < 1.29 is 14.4 Å². The number of carbonyl (C=O) groups is 3. The Labute approximate surface area is 187 Å². The standard InChI is InChI=1S/C21H28Cl2N4O3/c1-2-24-19(28)14-25-8-4-9-26(12-11-25)21(30)18-5-3-10-27(18)20(29)16-13-15(22)6-7-17(16)23/h6-7,13,18H,2-5,8-12,14H2,1H3,(H,24,28). The average molecular weight is 455 g/mol. The molecule has 2 fully saturated rings. The minimum atomic E-state index is -0.484. The van der Waals surface area contributed by atoms with E-state index in [1.807, 2.05) is 11.8 Å². The van der Waals surface area contributed by atoms with Crippen molar-refractivity contribution >= 4 is 40.9 Å². The molecule has 2 aliphatic rings. The van der Waals surface area contributed by atoms with Crippen LogP contribution in [-0.4, -0.2) is 84.3 Å². The Morgan fingerprint density at radius 2 is 1.87 bits per heavy atom. The molecule has 3 rings (SSSR count). The molecule has 7 nitrogen and oxygen atoms in total. The molecule has 1 atom stereocenters. The lowest BCUT2D eigenvalue weighted by atomic mass is 10.1. The van der Waals surface area contributed by atoms with Crippen LogP contribution in [0.5, 0.6) is 0 Å². The van der Waals surface area contributed by atoms with Gasteiger partial charge in [-0.15, -0.1) is 0 Å². The summed E-state index contributed by atoms with van der Waals surface area (Å²) in [4.78, 5) is 43.7. The third-order valence-corrected chi connectivity index (χ3v) is 6.16. The smallest absolute Gasteiger partial charge is 0.256 e. The summed E-state index contributed by atoms with van der Waals surface area (Å²) in [6.45, 7) is 5.96. The second-order valence-corrected chi connectivity index (χ2v) is 8.53. The van der Waals surface area contributed by atoms with E-state index in [1.54, 1.807) is 23.1 Å². The number of nitrogens with zero attached hydrogens (tertiary/aromatic N) is 3. The lowest BCUT2D eigenvalue weighted by Gasteiger charge is -2.30. The first-order chi connectivity index (χ1) is 14.4. The second kappa shape index (κ2) is 10.5. The Morgan fingerprint density at radius 1 is 1.07 bits per heavy atom. The van der Waals surface area contributed by atoms with Crippen molar-refractivity contribution in [2.24, 2.45) is 0 Å². The Kier molecular flexibility index (Phi) is 7.97. The SMILES string of the molecule is CCNC(=O)CN1CCCN(C(=O)C2CCCN2C(=O)c2cc(Cl)ccc2Cl)CC1. The molecule has 9 heteroatoms. The number of nitrogens with one attached hydrogen (secondary N) is 1. The molecule has 0 radical (unpaired) electrons. The molecule has 1 unspecified atom stereocenters. The molecule has 1 aromatic rings. The molecular weight excluding hydrogens is 427 g/mol. The van der Waals surface area contributed by atoms with Crippen LogP contribution in [0, 0.1) is 0 Å². The highest BCUT2D eigenvalue weighted by Crippen LogP contribution is 2.27. The minimum Gasteiger partial charge on any atom is -0.355 e. The lowest BCUT2D eigenvalue weighted by Crippen LogP contribution is -2.49. The molecule has 0 aromatic heterocycles. The minimum absolute atomic E-state index is 0.00300. The molecule has 2 saturated heterocycles. The summed E-state index contributed by atoms with van der Waals surface area (Å²) < 4.78 is 0. The predicted octanol–water partition coefficient (Wildman–Crippen LogP) is 2.27. The zero-order valence-corrected chi connectivity index (χ0v) is 18.7. The van der Waals surface area contributed by atoms with Gasteiger partial charge in [0.15, 0.2) is 0 Å². The topological polar surface area (TPSA) is 73.0 Å². The number of rotatable bonds is 5. The van der Waals surface area contributed by atoms with Crippen molar-refractivity contribution in [1.29, 1.82) is 0 Å². The zero-order chi connectivity index (χ0) is 21.7. The summed E-state index contributed by atoms with van der Waals surface area (Å²) in [5, 5.41) is 3.58. The number of hydrogen-bond donors (Lipinski definition) is 1. The van der Waals surface area contributed by atoms with Crippen LogP contribution in [-0.2, 0) is 9.59 Å². The van der Waals surface area contributed by atoms with Crippen molar-refractivity contribution in [3.05, 3.63) is 33.8 Å². The van der Waals surface area contributed by atoms with Crippen molar-refractivity contribution in [1.82, 2.24) is 20.0 Å². The van der Waals surface area contributed by atoms with Crippen molar-refractivity contribution in [2.75, 3.05) is 45.8 Å². The van der Waals surface area contributed by atoms with Gasteiger partial charge in [-0.3, -0.25) is 19.3 Å². The molecule has 0 bridgehead atoms. The van der Waals surface area contributed by atoms with Crippen molar-refractivity contribution in [3.8, 4) is 0 Å². The number of hydrogen-bond acceptors (Lipinski definition) is 4. The third kappa shape index (κ3) is 5.45. The van der Waals surface area contributed by atoms with Crippen LogP contribution in [0.4, 0.5) is 0 Å². The maximum Gasteiger partial charge on any atom is 0.256 e. The molecule has 1 N–H and O–H groups in total. The summed E-state index contributed by atoms with van der Waals surface area (Å²) in [5.41, 5.74) is 0.327. The molecule has 0 saturated carbocycles. The van der Waals surface area contributed by atoms with E-state index in [9.17, 15) is 14.4 Å². The van der Waals surface area contributed by atoms with Crippen LogP contribution >= 0.6 is 23.2 Å². The zero-order valence-electron chi connectivity index (χ0n) is 17.2. The molecule has 164 valence electrons. The number of likely N-dealkylation sites (tertiary alicyclic amines) is 1. The van der Waals surface area contributed by atoms with Gasteiger partial charge in [0, 0.05) is 44.3 Å². The fourth-order valence-electron chi connectivity index (χ4n) is 4.10. The molecule has 0 aliphatic carbocycles. The second-order valence-electron chi connectivity index (χ2n) is 7.69. The van der Waals surface area contributed by atoms with Gasteiger partial charge in [-0.05, 0) is 44.4 Å². The van der Waals surface area contributed by atoms with Gasteiger partial charge in [0.05, 0.1) is 17.1 Å². The number of amides is 3. The Bertz CT molecular complexity index is 804. The van der Waals surface area contributed by atoms with Gasteiger partial charge in [-0.1, -0.05) is 23.2 Å². The maximum atomic E-state index is 13.3. The van der Waals surface area contributed by atoms with E-state index in [0.29, 0.717) is 61.3 Å². The number of carbonyl (C=O) groups excluding carboxylic acids is 3. The van der Waals surface area contributed by atoms with E-state index in [0.717, 1.165) is 19.4 Å². The molecule has 2 aliphatic heterocycles. The molecule has 3 amide bonds. The Balaban J connectivity index is 1.65. The average Bonchev–Trinajstić information content (AvgIpc) is 3.09. The first-order valence-electron chi connectivity index (χ1n) is 10.4. The van der Waals surface area contributed by atoms with E-state index >= 15 is 0 Å². The van der Waals surface area contributed by atoms with E-state index in [1.165, 1.54) is 0 Å². The largest absolute Gasteiger partial charge is 0.355 e. The van der Waals surface area contributed by atoms with Crippen LogP contribution in [0.2, 0.25) is 10.0 Å². The third-order valence-electron chi connectivity index (χ3n) is 5.60. The summed E-state index contributed by atoms with van der Waals surface area (Å²) in [5.74, 6) is -0.284. The van der Waals surface area contributed by atoms with Gasteiger partial charge < -0.3 is 15.1 Å². The van der Waals surface area contributed by atoms with E-state index in [2.05, 4.69) is 10.2 Å².